The van der Waals surface area contributed by atoms with E-state index in [0.717, 1.165) is 5.56 Å². The number of carboxylic acid groups (broad SMARTS) is 1. The van der Waals surface area contributed by atoms with Crippen LogP contribution in [0.3, 0.4) is 0 Å². The van der Waals surface area contributed by atoms with Crippen molar-refractivity contribution in [1.29, 1.82) is 0 Å². The van der Waals surface area contributed by atoms with Crippen molar-refractivity contribution in [3.8, 4) is 11.5 Å². The number of carboxylic acids is 1. The van der Waals surface area contributed by atoms with E-state index in [1.807, 2.05) is 18.2 Å². The van der Waals surface area contributed by atoms with Crippen LogP contribution in [0.1, 0.15) is 24.8 Å². The fraction of sp³-hybridized carbons (Fsp3) is 0.467. The average Bonchev–Trinajstić information content (AvgIpc) is 2.46. The minimum Gasteiger partial charge on any atom is -0.486 e. The normalized spacial score (nSPS) is 12.8. The van der Waals surface area contributed by atoms with Gasteiger partial charge in [-0.25, -0.2) is 0 Å². The lowest BCUT2D eigenvalue weighted by Gasteiger charge is -2.18. The Balaban J connectivity index is 1.73. The summed E-state index contributed by atoms with van der Waals surface area (Å²) in [4.78, 5) is 22.1. The molecule has 1 aliphatic rings. The van der Waals surface area contributed by atoms with Gasteiger partial charge >= 0.3 is 5.97 Å². The van der Waals surface area contributed by atoms with Gasteiger partial charge in [0.2, 0.25) is 5.91 Å². The Labute approximate surface area is 123 Å². The van der Waals surface area contributed by atoms with E-state index in [4.69, 9.17) is 14.6 Å². The number of ether oxygens (including phenoxy) is 2. The highest BCUT2D eigenvalue weighted by Gasteiger charge is 2.13. The SMILES string of the molecule is O=C(O)CCCCNC(=O)Cc1ccc2c(c1)OCCO2. The quantitative estimate of drug-likeness (QED) is 0.742. The number of fused-ring (bicyclic) bond motifs is 1. The molecule has 1 aromatic rings. The second-order valence-electron chi connectivity index (χ2n) is 4.86. The fourth-order valence-corrected chi connectivity index (χ4v) is 2.07. The molecule has 0 radical (unpaired) electrons. The van der Waals surface area contributed by atoms with Gasteiger partial charge in [0.1, 0.15) is 13.2 Å². The maximum Gasteiger partial charge on any atom is 0.303 e. The minimum absolute atomic E-state index is 0.0815. The Kier molecular flexibility index (Phi) is 5.43. The van der Waals surface area contributed by atoms with Gasteiger partial charge in [0.25, 0.3) is 0 Å². The highest BCUT2D eigenvalue weighted by molar-refractivity contribution is 5.78. The molecule has 0 saturated carbocycles. The Bertz CT molecular complexity index is 515. The van der Waals surface area contributed by atoms with Crippen molar-refractivity contribution in [2.24, 2.45) is 0 Å². The topological polar surface area (TPSA) is 84.9 Å². The zero-order chi connectivity index (χ0) is 15.1. The average molecular weight is 293 g/mol. The molecule has 0 unspecified atom stereocenters. The third-order valence-electron chi connectivity index (χ3n) is 3.11. The molecule has 6 heteroatoms. The van der Waals surface area contributed by atoms with Gasteiger partial charge in [-0.2, -0.15) is 0 Å². The Morgan fingerprint density at radius 2 is 1.90 bits per heavy atom. The number of rotatable bonds is 7. The number of carbonyl (C=O) groups is 2. The molecule has 0 aromatic heterocycles. The summed E-state index contributed by atoms with van der Waals surface area (Å²) in [5.74, 6) is 0.492. The summed E-state index contributed by atoms with van der Waals surface area (Å²) < 4.78 is 10.9. The molecule has 0 aliphatic carbocycles. The first-order chi connectivity index (χ1) is 10.1. The van der Waals surface area contributed by atoms with Crippen LogP contribution in [0.25, 0.3) is 0 Å². The largest absolute Gasteiger partial charge is 0.486 e. The van der Waals surface area contributed by atoms with E-state index in [-0.39, 0.29) is 18.7 Å². The van der Waals surface area contributed by atoms with Gasteiger partial charge in [0.15, 0.2) is 11.5 Å². The predicted molar refractivity (Wildman–Crippen MR) is 75.6 cm³/mol. The molecule has 0 fully saturated rings. The lowest BCUT2D eigenvalue weighted by atomic mass is 10.1. The first-order valence-corrected chi connectivity index (χ1v) is 7.02. The summed E-state index contributed by atoms with van der Waals surface area (Å²) in [5, 5.41) is 11.3. The number of unbranched alkanes of at least 4 members (excludes halogenated alkanes) is 1. The van der Waals surface area contributed by atoms with Crippen LogP contribution in [0.15, 0.2) is 18.2 Å². The predicted octanol–water partition coefficient (Wildman–Crippen LogP) is 1.37. The van der Waals surface area contributed by atoms with Crippen LogP contribution in [0.2, 0.25) is 0 Å². The number of hydrogen-bond donors (Lipinski definition) is 2. The van der Waals surface area contributed by atoms with E-state index >= 15 is 0 Å². The molecular formula is C15H19NO5. The molecule has 6 nitrogen and oxygen atoms in total. The fourth-order valence-electron chi connectivity index (χ4n) is 2.07. The molecule has 0 atom stereocenters. The summed E-state index contributed by atoms with van der Waals surface area (Å²) in [6.45, 7) is 1.56. The molecule has 0 bridgehead atoms. The van der Waals surface area contributed by atoms with E-state index < -0.39 is 5.97 Å². The second kappa shape index (κ2) is 7.52. The standard InChI is InChI=1S/C15H19NO5/c17-14(16-6-2-1-3-15(18)19)10-11-4-5-12-13(9-11)21-8-7-20-12/h4-5,9H,1-3,6-8,10H2,(H,16,17)(H,18,19). The van der Waals surface area contributed by atoms with E-state index in [9.17, 15) is 9.59 Å². The van der Waals surface area contributed by atoms with Gasteiger partial charge in [-0.1, -0.05) is 6.07 Å². The van der Waals surface area contributed by atoms with Gasteiger partial charge in [-0.15, -0.1) is 0 Å². The molecule has 1 aliphatic heterocycles. The number of aliphatic carboxylic acids is 1. The highest BCUT2D eigenvalue weighted by atomic mass is 16.6. The van der Waals surface area contributed by atoms with Crippen LogP contribution < -0.4 is 14.8 Å². The van der Waals surface area contributed by atoms with Crippen molar-refractivity contribution in [3.05, 3.63) is 23.8 Å². The van der Waals surface area contributed by atoms with Gasteiger partial charge < -0.3 is 19.9 Å². The van der Waals surface area contributed by atoms with E-state index in [0.29, 0.717) is 44.1 Å². The number of nitrogens with one attached hydrogen (secondary N) is 1. The summed E-state index contributed by atoms with van der Waals surface area (Å²) >= 11 is 0. The van der Waals surface area contributed by atoms with Crippen LogP contribution in [0.4, 0.5) is 0 Å². The zero-order valence-electron chi connectivity index (χ0n) is 11.8. The molecule has 2 N–H and O–H groups in total. The summed E-state index contributed by atoms with van der Waals surface area (Å²) in [7, 11) is 0. The molecule has 1 heterocycles. The van der Waals surface area contributed by atoms with Crippen LogP contribution in [0.5, 0.6) is 11.5 Å². The van der Waals surface area contributed by atoms with E-state index in [2.05, 4.69) is 5.32 Å². The first-order valence-electron chi connectivity index (χ1n) is 7.02. The van der Waals surface area contributed by atoms with Gasteiger partial charge in [0, 0.05) is 13.0 Å². The molecule has 0 spiro atoms. The molecule has 1 aromatic carbocycles. The maximum absolute atomic E-state index is 11.8. The summed E-state index contributed by atoms with van der Waals surface area (Å²) in [6, 6.07) is 5.47. The first kappa shape index (κ1) is 15.2. The number of carbonyl (C=O) groups excluding carboxylic acids is 1. The van der Waals surface area contributed by atoms with Crippen LogP contribution in [-0.2, 0) is 16.0 Å². The van der Waals surface area contributed by atoms with Crippen LogP contribution >= 0.6 is 0 Å². The lowest BCUT2D eigenvalue weighted by Crippen LogP contribution is -2.26. The summed E-state index contributed by atoms with van der Waals surface area (Å²) in [5.41, 5.74) is 0.863. The van der Waals surface area contributed by atoms with Gasteiger partial charge in [0.05, 0.1) is 6.42 Å². The van der Waals surface area contributed by atoms with Crippen LogP contribution in [0, 0.1) is 0 Å². The van der Waals surface area contributed by atoms with Gasteiger partial charge in [-0.3, -0.25) is 9.59 Å². The maximum atomic E-state index is 11.8. The summed E-state index contributed by atoms with van der Waals surface area (Å²) in [6.07, 6.45) is 1.65. The third-order valence-corrected chi connectivity index (χ3v) is 3.11. The minimum atomic E-state index is -0.808. The van der Waals surface area contributed by atoms with Crippen molar-refractivity contribution >= 4 is 11.9 Å². The number of hydrogen-bond acceptors (Lipinski definition) is 4. The van der Waals surface area contributed by atoms with Crippen molar-refractivity contribution < 1.29 is 24.2 Å². The van der Waals surface area contributed by atoms with Crippen molar-refractivity contribution in [2.75, 3.05) is 19.8 Å². The molecule has 114 valence electrons. The smallest absolute Gasteiger partial charge is 0.303 e. The van der Waals surface area contributed by atoms with Crippen LogP contribution in [-0.4, -0.2) is 36.7 Å². The molecule has 0 saturated heterocycles. The molecule has 1 amide bonds. The van der Waals surface area contributed by atoms with E-state index in [1.165, 1.54) is 0 Å². The molecule has 2 rings (SSSR count). The Morgan fingerprint density at radius 1 is 1.14 bits per heavy atom. The van der Waals surface area contributed by atoms with Crippen molar-refractivity contribution in [1.82, 2.24) is 5.32 Å². The second-order valence-corrected chi connectivity index (χ2v) is 4.86. The van der Waals surface area contributed by atoms with E-state index in [1.54, 1.807) is 0 Å². The third kappa shape index (κ3) is 4.98. The number of amides is 1. The Morgan fingerprint density at radius 3 is 2.67 bits per heavy atom. The molecule has 21 heavy (non-hydrogen) atoms. The van der Waals surface area contributed by atoms with Crippen molar-refractivity contribution in [3.63, 3.8) is 0 Å². The molecular weight excluding hydrogens is 274 g/mol. The Hall–Kier alpha value is -2.24. The lowest BCUT2D eigenvalue weighted by molar-refractivity contribution is -0.137. The van der Waals surface area contributed by atoms with Crippen molar-refractivity contribution in [2.45, 2.75) is 25.7 Å². The zero-order valence-corrected chi connectivity index (χ0v) is 11.8. The number of benzene rings is 1. The van der Waals surface area contributed by atoms with Gasteiger partial charge in [-0.05, 0) is 30.5 Å². The monoisotopic (exact) mass is 293 g/mol. The highest BCUT2D eigenvalue weighted by Crippen LogP contribution is 2.30.